The number of carbonyl (C=O) groups is 1. The van der Waals surface area contributed by atoms with Gasteiger partial charge in [-0.25, -0.2) is 4.39 Å². The molecule has 3 rings (SSSR count). The molecule has 26 heavy (non-hydrogen) atoms. The largest absolute Gasteiger partial charge is 0.380 e. The van der Waals surface area contributed by atoms with Crippen LogP contribution in [0.1, 0.15) is 30.0 Å². The van der Waals surface area contributed by atoms with E-state index in [1.165, 1.54) is 17.4 Å². The second kappa shape index (κ2) is 7.92. The van der Waals surface area contributed by atoms with E-state index in [-0.39, 0.29) is 5.82 Å². The Labute approximate surface area is 154 Å². The monoisotopic (exact) mass is 376 g/mol. The van der Waals surface area contributed by atoms with Crippen LogP contribution < -0.4 is 4.80 Å². The van der Waals surface area contributed by atoms with E-state index in [4.69, 9.17) is 4.74 Å². The normalized spacial score (nSPS) is 12.2. The van der Waals surface area contributed by atoms with E-state index in [2.05, 4.69) is 10.1 Å². The lowest BCUT2D eigenvalue weighted by Crippen LogP contribution is -2.20. The molecule has 2 heterocycles. The number of hydrogen-bond donors (Lipinski definition) is 0. The van der Waals surface area contributed by atoms with Gasteiger partial charge in [0.25, 0.3) is 5.91 Å². The van der Waals surface area contributed by atoms with Gasteiger partial charge in [-0.05, 0) is 39.0 Å². The third-order valence-electron chi connectivity index (χ3n) is 4.01. The lowest BCUT2D eigenvalue weighted by molar-refractivity contribution is 0.0991. The Morgan fingerprint density at radius 2 is 2.19 bits per heavy atom. The minimum absolute atomic E-state index is 0.290. The van der Waals surface area contributed by atoms with Crippen molar-refractivity contribution in [3.63, 3.8) is 0 Å². The second-order valence-corrected chi connectivity index (χ2v) is 6.73. The Hall–Kier alpha value is -2.32. The van der Waals surface area contributed by atoms with Gasteiger partial charge in [0.2, 0.25) is 0 Å². The predicted octanol–water partition coefficient (Wildman–Crippen LogP) is 3.14. The number of ether oxygens (including phenoxy) is 1. The lowest BCUT2D eigenvalue weighted by atomic mass is 10.3. The van der Waals surface area contributed by atoms with E-state index in [1.807, 2.05) is 26.8 Å². The van der Waals surface area contributed by atoms with Gasteiger partial charge in [0.15, 0.2) is 10.5 Å². The standard InChI is InChI=1S/C18H21FN4O2S/c1-4-23-12(3)11-14(21-23)17(24)20-18-22(9-10-25-5-2)16-13(19)7-6-8-15(16)26-18/h6-8,11H,4-5,9-10H2,1-3H3. The second-order valence-electron chi connectivity index (χ2n) is 5.72. The summed E-state index contributed by atoms with van der Waals surface area (Å²) in [5.41, 5.74) is 1.63. The first-order valence-electron chi connectivity index (χ1n) is 8.54. The van der Waals surface area contributed by atoms with Crippen LogP contribution in [-0.4, -0.2) is 33.5 Å². The van der Waals surface area contributed by atoms with Crippen LogP contribution in [0.2, 0.25) is 0 Å². The van der Waals surface area contributed by atoms with Crippen molar-refractivity contribution in [1.82, 2.24) is 14.3 Å². The van der Waals surface area contributed by atoms with Gasteiger partial charge in [0, 0.05) is 25.4 Å². The van der Waals surface area contributed by atoms with Crippen LogP contribution in [0.25, 0.3) is 10.2 Å². The molecular weight excluding hydrogens is 355 g/mol. The molecule has 0 saturated heterocycles. The number of rotatable bonds is 6. The molecule has 2 aromatic heterocycles. The van der Waals surface area contributed by atoms with Gasteiger partial charge >= 0.3 is 0 Å². The fourth-order valence-electron chi connectivity index (χ4n) is 2.76. The molecule has 1 amide bonds. The highest BCUT2D eigenvalue weighted by Gasteiger charge is 2.14. The van der Waals surface area contributed by atoms with Gasteiger partial charge in [0.1, 0.15) is 5.82 Å². The minimum Gasteiger partial charge on any atom is -0.380 e. The molecule has 6 nitrogen and oxygen atoms in total. The maximum atomic E-state index is 14.3. The number of amides is 1. The molecule has 3 aromatic rings. The average molecular weight is 376 g/mol. The summed E-state index contributed by atoms with van der Waals surface area (Å²) in [6, 6.07) is 6.59. The molecule has 0 unspecified atom stereocenters. The molecule has 0 bridgehead atoms. The molecule has 0 atom stereocenters. The van der Waals surface area contributed by atoms with Crippen molar-refractivity contribution < 1.29 is 13.9 Å². The number of aromatic nitrogens is 3. The van der Waals surface area contributed by atoms with Crippen LogP contribution >= 0.6 is 11.3 Å². The van der Waals surface area contributed by atoms with Gasteiger partial charge in [0.05, 0.1) is 16.8 Å². The topological polar surface area (TPSA) is 61.4 Å². The number of hydrogen-bond acceptors (Lipinski definition) is 4. The van der Waals surface area contributed by atoms with E-state index >= 15 is 0 Å². The number of para-hydroxylation sites is 1. The van der Waals surface area contributed by atoms with E-state index in [0.717, 1.165) is 10.4 Å². The molecule has 8 heteroatoms. The highest BCUT2D eigenvalue weighted by Crippen LogP contribution is 2.20. The SMILES string of the molecule is CCOCCn1c(=NC(=O)c2cc(C)n(CC)n2)sc2cccc(F)c21. The van der Waals surface area contributed by atoms with Crippen LogP contribution in [0.15, 0.2) is 29.3 Å². The van der Waals surface area contributed by atoms with Gasteiger partial charge in [-0.3, -0.25) is 9.48 Å². The molecule has 0 saturated carbocycles. The van der Waals surface area contributed by atoms with Gasteiger partial charge in [-0.15, -0.1) is 0 Å². The van der Waals surface area contributed by atoms with E-state index in [0.29, 0.717) is 42.3 Å². The molecule has 138 valence electrons. The first kappa shape index (κ1) is 18.5. The van der Waals surface area contributed by atoms with Crippen molar-refractivity contribution in [2.45, 2.75) is 33.9 Å². The molecule has 0 fully saturated rings. The predicted molar refractivity (Wildman–Crippen MR) is 98.8 cm³/mol. The zero-order valence-corrected chi connectivity index (χ0v) is 15.8. The summed E-state index contributed by atoms with van der Waals surface area (Å²) in [7, 11) is 0. The highest BCUT2D eigenvalue weighted by atomic mass is 32.1. The number of nitrogens with zero attached hydrogens (tertiary/aromatic N) is 4. The Kier molecular flexibility index (Phi) is 5.63. The lowest BCUT2D eigenvalue weighted by Gasteiger charge is -2.05. The summed E-state index contributed by atoms with van der Waals surface area (Å²) in [5, 5.41) is 4.27. The molecule has 1 aromatic carbocycles. The quantitative estimate of drug-likeness (QED) is 0.621. The molecule has 0 radical (unpaired) electrons. The Morgan fingerprint density at radius 3 is 2.88 bits per heavy atom. The van der Waals surface area contributed by atoms with Crippen molar-refractivity contribution >= 4 is 27.5 Å². The number of aryl methyl sites for hydroxylation is 2. The minimum atomic E-state index is -0.433. The Balaban J connectivity index is 2.07. The van der Waals surface area contributed by atoms with Crippen LogP contribution in [0.5, 0.6) is 0 Å². The molecule has 0 aliphatic rings. The van der Waals surface area contributed by atoms with Crippen molar-refractivity contribution in [3.05, 3.63) is 46.3 Å². The van der Waals surface area contributed by atoms with Crippen LogP contribution in [-0.2, 0) is 17.8 Å². The fourth-order valence-corrected chi connectivity index (χ4v) is 3.83. The average Bonchev–Trinajstić information content (AvgIpc) is 3.16. The summed E-state index contributed by atoms with van der Waals surface area (Å²) in [4.78, 5) is 17.2. The van der Waals surface area contributed by atoms with Gasteiger partial charge < -0.3 is 9.30 Å². The molecule has 0 aliphatic heterocycles. The number of benzene rings is 1. The first-order chi connectivity index (χ1) is 12.5. The highest BCUT2D eigenvalue weighted by molar-refractivity contribution is 7.16. The third-order valence-corrected chi connectivity index (χ3v) is 5.06. The van der Waals surface area contributed by atoms with E-state index in [1.54, 1.807) is 21.4 Å². The number of thiazole rings is 1. The zero-order chi connectivity index (χ0) is 18.7. The van der Waals surface area contributed by atoms with Crippen molar-refractivity contribution in [2.24, 2.45) is 4.99 Å². The first-order valence-corrected chi connectivity index (χ1v) is 9.35. The Morgan fingerprint density at radius 1 is 1.38 bits per heavy atom. The van der Waals surface area contributed by atoms with E-state index < -0.39 is 5.91 Å². The number of fused-ring (bicyclic) bond motifs is 1. The summed E-state index contributed by atoms with van der Waals surface area (Å²) in [6.07, 6.45) is 0. The van der Waals surface area contributed by atoms with Crippen molar-refractivity contribution in [1.29, 1.82) is 0 Å². The maximum Gasteiger partial charge on any atom is 0.300 e. The van der Waals surface area contributed by atoms with Crippen molar-refractivity contribution in [3.8, 4) is 0 Å². The zero-order valence-electron chi connectivity index (χ0n) is 15.0. The van der Waals surface area contributed by atoms with Gasteiger partial charge in [-0.1, -0.05) is 17.4 Å². The summed E-state index contributed by atoms with van der Waals surface area (Å²) < 4.78 is 23.9. The van der Waals surface area contributed by atoms with Gasteiger partial charge in [-0.2, -0.15) is 10.1 Å². The van der Waals surface area contributed by atoms with Crippen LogP contribution in [0.4, 0.5) is 4.39 Å². The third kappa shape index (κ3) is 3.61. The summed E-state index contributed by atoms with van der Waals surface area (Å²) in [5.74, 6) is -0.771. The molecular formula is C18H21FN4O2S. The van der Waals surface area contributed by atoms with Crippen molar-refractivity contribution in [2.75, 3.05) is 13.2 Å². The summed E-state index contributed by atoms with van der Waals surface area (Å²) in [6.45, 7) is 7.85. The number of carbonyl (C=O) groups excluding carboxylic acids is 1. The van der Waals surface area contributed by atoms with Crippen LogP contribution in [0.3, 0.4) is 0 Å². The Bertz CT molecular complexity index is 1000. The maximum absolute atomic E-state index is 14.3. The molecule has 0 aliphatic carbocycles. The summed E-state index contributed by atoms with van der Waals surface area (Å²) >= 11 is 1.28. The smallest absolute Gasteiger partial charge is 0.300 e. The van der Waals surface area contributed by atoms with Crippen LogP contribution in [0, 0.1) is 12.7 Å². The molecule has 0 spiro atoms. The fraction of sp³-hybridized carbons (Fsp3) is 0.389. The van der Waals surface area contributed by atoms with E-state index in [9.17, 15) is 9.18 Å². The molecule has 0 N–H and O–H groups in total. The number of halogens is 1.